The predicted molar refractivity (Wildman–Crippen MR) is 72.8 cm³/mol. The van der Waals surface area contributed by atoms with Gasteiger partial charge in [-0.1, -0.05) is 13.8 Å². The van der Waals surface area contributed by atoms with Crippen LogP contribution in [0.1, 0.15) is 42.9 Å². The van der Waals surface area contributed by atoms with Crippen molar-refractivity contribution >= 4 is 16.8 Å². The number of aromatic nitrogens is 2. The minimum absolute atomic E-state index is 0.0475. The van der Waals surface area contributed by atoms with E-state index in [0.29, 0.717) is 11.5 Å². The molecule has 0 fully saturated rings. The molecule has 18 heavy (non-hydrogen) atoms. The van der Waals surface area contributed by atoms with E-state index < -0.39 is 6.04 Å². The Morgan fingerprint density at radius 1 is 1.33 bits per heavy atom. The molecular weight excluding hydrogens is 226 g/mol. The van der Waals surface area contributed by atoms with Crippen LogP contribution in [-0.2, 0) is 7.05 Å². The van der Waals surface area contributed by atoms with E-state index >= 15 is 0 Å². The molecule has 1 unspecified atom stereocenters. The molecule has 1 aromatic carbocycles. The number of aryl methyl sites for hydroxylation is 1. The number of rotatable bonds is 3. The lowest BCUT2D eigenvalue weighted by Gasteiger charge is -2.05. The Morgan fingerprint density at radius 3 is 2.56 bits per heavy atom. The third kappa shape index (κ3) is 2.04. The Hall–Kier alpha value is -1.68. The topological polar surface area (TPSA) is 60.9 Å². The highest BCUT2D eigenvalue weighted by Crippen LogP contribution is 2.21. The van der Waals surface area contributed by atoms with Gasteiger partial charge in [0, 0.05) is 18.5 Å². The number of carbonyl (C=O) groups is 1. The average Bonchev–Trinajstić information content (AvgIpc) is 2.65. The first-order valence-electron chi connectivity index (χ1n) is 6.18. The lowest BCUT2D eigenvalue weighted by atomic mass is 10.1. The highest BCUT2D eigenvalue weighted by molar-refractivity contribution is 6.02. The van der Waals surface area contributed by atoms with E-state index in [9.17, 15) is 4.79 Å². The van der Waals surface area contributed by atoms with Crippen LogP contribution >= 0.6 is 0 Å². The number of imidazole rings is 1. The summed E-state index contributed by atoms with van der Waals surface area (Å²) in [7, 11) is 2.00. The van der Waals surface area contributed by atoms with E-state index in [1.165, 1.54) is 0 Å². The van der Waals surface area contributed by atoms with E-state index in [4.69, 9.17) is 5.73 Å². The van der Waals surface area contributed by atoms with Crippen molar-refractivity contribution in [2.75, 3.05) is 0 Å². The highest BCUT2D eigenvalue weighted by atomic mass is 16.1. The number of nitrogens with zero attached hydrogens (tertiary/aromatic N) is 2. The van der Waals surface area contributed by atoms with Crippen LogP contribution < -0.4 is 5.73 Å². The number of fused-ring (bicyclic) bond motifs is 1. The van der Waals surface area contributed by atoms with Gasteiger partial charge in [-0.3, -0.25) is 4.79 Å². The molecule has 0 saturated carbocycles. The number of hydrogen-bond acceptors (Lipinski definition) is 3. The lowest BCUT2D eigenvalue weighted by Crippen LogP contribution is -2.26. The highest BCUT2D eigenvalue weighted by Gasteiger charge is 2.15. The largest absolute Gasteiger partial charge is 0.331 e. The normalized spacial score (nSPS) is 13.2. The van der Waals surface area contributed by atoms with Crippen LogP contribution in [0.5, 0.6) is 0 Å². The molecule has 0 spiro atoms. The van der Waals surface area contributed by atoms with Crippen LogP contribution in [0.4, 0.5) is 0 Å². The number of carbonyl (C=O) groups excluding carboxylic acids is 1. The molecule has 0 amide bonds. The quantitative estimate of drug-likeness (QED) is 0.843. The van der Waals surface area contributed by atoms with Crippen LogP contribution in [0.25, 0.3) is 11.0 Å². The monoisotopic (exact) mass is 245 g/mol. The summed E-state index contributed by atoms with van der Waals surface area (Å²) < 4.78 is 2.07. The standard InChI is InChI=1S/C14H19N3O/c1-8(2)14-16-11-7-10(13(18)9(3)15)5-6-12(11)17(14)4/h5-9H,15H2,1-4H3. The Balaban J connectivity index is 2.56. The molecule has 1 atom stereocenters. The fraction of sp³-hybridized carbons (Fsp3) is 0.429. The van der Waals surface area contributed by atoms with Crippen molar-refractivity contribution in [3.8, 4) is 0 Å². The molecule has 0 aliphatic rings. The predicted octanol–water partition coefficient (Wildman–Crippen LogP) is 2.23. The fourth-order valence-electron chi connectivity index (χ4n) is 2.15. The summed E-state index contributed by atoms with van der Waals surface area (Å²) in [5, 5.41) is 0. The molecule has 0 radical (unpaired) electrons. The van der Waals surface area contributed by atoms with Gasteiger partial charge in [0.2, 0.25) is 0 Å². The second kappa shape index (κ2) is 4.53. The molecule has 2 aromatic rings. The average molecular weight is 245 g/mol. The minimum Gasteiger partial charge on any atom is -0.331 e. The summed E-state index contributed by atoms with van der Waals surface area (Å²) in [5.74, 6) is 1.33. The van der Waals surface area contributed by atoms with E-state index in [1.54, 1.807) is 6.92 Å². The number of hydrogen-bond donors (Lipinski definition) is 1. The lowest BCUT2D eigenvalue weighted by molar-refractivity contribution is 0.0968. The molecule has 0 bridgehead atoms. The molecule has 2 rings (SSSR count). The summed E-state index contributed by atoms with van der Waals surface area (Å²) >= 11 is 0. The van der Waals surface area contributed by atoms with Crippen LogP contribution in [0, 0.1) is 0 Å². The van der Waals surface area contributed by atoms with Crippen molar-refractivity contribution in [1.29, 1.82) is 0 Å². The van der Waals surface area contributed by atoms with Gasteiger partial charge >= 0.3 is 0 Å². The summed E-state index contributed by atoms with van der Waals surface area (Å²) in [6.07, 6.45) is 0. The van der Waals surface area contributed by atoms with E-state index in [2.05, 4.69) is 23.4 Å². The molecule has 1 aromatic heterocycles. The molecule has 1 heterocycles. The maximum Gasteiger partial charge on any atom is 0.179 e. The Morgan fingerprint density at radius 2 is 2.00 bits per heavy atom. The van der Waals surface area contributed by atoms with E-state index in [0.717, 1.165) is 16.9 Å². The number of Topliss-reactive ketones (excluding diaryl/α,β-unsaturated/α-hetero) is 1. The smallest absolute Gasteiger partial charge is 0.179 e. The zero-order chi connectivity index (χ0) is 13.4. The van der Waals surface area contributed by atoms with Gasteiger partial charge in [-0.05, 0) is 25.1 Å². The number of ketones is 1. The van der Waals surface area contributed by atoms with Gasteiger partial charge < -0.3 is 10.3 Å². The molecular formula is C14H19N3O. The third-order valence-electron chi connectivity index (χ3n) is 3.13. The van der Waals surface area contributed by atoms with Crippen molar-refractivity contribution in [3.05, 3.63) is 29.6 Å². The van der Waals surface area contributed by atoms with Crippen LogP contribution in [-0.4, -0.2) is 21.4 Å². The van der Waals surface area contributed by atoms with Crippen LogP contribution in [0.15, 0.2) is 18.2 Å². The zero-order valence-corrected chi connectivity index (χ0v) is 11.3. The summed E-state index contributed by atoms with van der Waals surface area (Å²) in [6.45, 7) is 5.91. The first-order valence-corrected chi connectivity index (χ1v) is 6.18. The second-order valence-electron chi connectivity index (χ2n) is 5.04. The molecule has 4 heteroatoms. The molecule has 4 nitrogen and oxygen atoms in total. The second-order valence-corrected chi connectivity index (χ2v) is 5.04. The van der Waals surface area contributed by atoms with Crippen molar-refractivity contribution < 1.29 is 4.79 Å². The van der Waals surface area contributed by atoms with Gasteiger partial charge in [-0.2, -0.15) is 0 Å². The SMILES string of the molecule is CC(N)C(=O)c1ccc2c(c1)nc(C(C)C)n2C. The Kier molecular flexibility index (Phi) is 3.22. The van der Waals surface area contributed by atoms with Gasteiger partial charge in [-0.15, -0.1) is 0 Å². The molecule has 0 saturated heterocycles. The van der Waals surface area contributed by atoms with Crippen molar-refractivity contribution in [2.24, 2.45) is 12.8 Å². The molecule has 2 N–H and O–H groups in total. The first-order chi connectivity index (χ1) is 8.41. The summed E-state index contributed by atoms with van der Waals surface area (Å²) in [5.41, 5.74) is 8.15. The van der Waals surface area contributed by atoms with Gasteiger partial charge in [0.15, 0.2) is 5.78 Å². The molecule has 0 aliphatic carbocycles. The van der Waals surface area contributed by atoms with Crippen LogP contribution in [0.3, 0.4) is 0 Å². The van der Waals surface area contributed by atoms with E-state index in [-0.39, 0.29) is 5.78 Å². The van der Waals surface area contributed by atoms with Gasteiger partial charge in [-0.25, -0.2) is 4.98 Å². The Bertz CT molecular complexity index is 596. The van der Waals surface area contributed by atoms with Crippen LogP contribution in [0.2, 0.25) is 0 Å². The van der Waals surface area contributed by atoms with Crippen molar-refractivity contribution in [3.63, 3.8) is 0 Å². The fourth-order valence-corrected chi connectivity index (χ4v) is 2.15. The van der Waals surface area contributed by atoms with Gasteiger partial charge in [0.05, 0.1) is 17.1 Å². The third-order valence-corrected chi connectivity index (χ3v) is 3.13. The molecule has 96 valence electrons. The van der Waals surface area contributed by atoms with Crippen molar-refractivity contribution in [1.82, 2.24) is 9.55 Å². The summed E-state index contributed by atoms with van der Waals surface area (Å²) in [4.78, 5) is 16.4. The number of benzene rings is 1. The minimum atomic E-state index is -0.476. The van der Waals surface area contributed by atoms with Gasteiger partial charge in [0.1, 0.15) is 5.82 Å². The Labute approximate surface area is 107 Å². The van der Waals surface area contributed by atoms with Gasteiger partial charge in [0.25, 0.3) is 0 Å². The van der Waals surface area contributed by atoms with E-state index in [1.807, 2.05) is 25.2 Å². The summed E-state index contributed by atoms with van der Waals surface area (Å²) in [6, 6.07) is 5.10. The maximum absolute atomic E-state index is 11.9. The molecule has 0 aliphatic heterocycles. The zero-order valence-electron chi connectivity index (χ0n) is 11.3. The number of nitrogens with two attached hydrogens (primary N) is 1. The maximum atomic E-state index is 11.9. The first kappa shape index (κ1) is 12.8. The van der Waals surface area contributed by atoms with Crippen molar-refractivity contribution in [2.45, 2.75) is 32.7 Å².